The van der Waals surface area contributed by atoms with E-state index in [2.05, 4.69) is 0 Å². The van der Waals surface area contributed by atoms with Crippen molar-refractivity contribution in [3.8, 4) is 5.75 Å². The van der Waals surface area contributed by atoms with Crippen molar-refractivity contribution in [1.29, 1.82) is 0 Å². The maximum atomic E-state index is 13.0. The zero-order valence-electron chi connectivity index (χ0n) is 11.1. The van der Waals surface area contributed by atoms with Gasteiger partial charge in [0, 0.05) is 29.3 Å². The summed E-state index contributed by atoms with van der Waals surface area (Å²) in [6.07, 6.45) is 1.05. The Balaban J connectivity index is 2.12. The van der Waals surface area contributed by atoms with Gasteiger partial charge in [-0.3, -0.25) is 0 Å². The summed E-state index contributed by atoms with van der Waals surface area (Å²) < 4.78 is 46.7. The van der Waals surface area contributed by atoms with E-state index in [0.717, 1.165) is 6.07 Å². The summed E-state index contributed by atoms with van der Waals surface area (Å²) in [7, 11) is 1.73. The molecule has 0 aliphatic carbocycles. The van der Waals surface area contributed by atoms with Crippen LogP contribution in [-0.2, 0) is 13.8 Å². The molecule has 1 aliphatic rings. The van der Waals surface area contributed by atoms with Crippen molar-refractivity contribution in [2.75, 3.05) is 25.6 Å². The molecule has 1 heterocycles. The van der Waals surface area contributed by atoms with Gasteiger partial charge in [0.15, 0.2) is 0 Å². The van der Waals surface area contributed by atoms with E-state index in [1.54, 1.807) is 0 Å². The van der Waals surface area contributed by atoms with Crippen LogP contribution in [0.3, 0.4) is 0 Å². The topological polar surface area (TPSA) is 52.6 Å². The second-order valence-corrected chi connectivity index (χ2v) is 8.34. The highest BCUT2D eigenvalue weighted by molar-refractivity contribution is 8.13. The first-order valence-electron chi connectivity index (χ1n) is 6.38. The molecule has 0 aromatic heterocycles. The highest BCUT2D eigenvalue weighted by Gasteiger charge is 2.37. The van der Waals surface area contributed by atoms with Crippen LogP contribution in [0.4, 0.5) is 4.39 Å². The van der Waals surface area contributed by atoms with Crippen LogP contribution in [0.15, 0.2) is 18.2 Å². The number of hydrogen-bond acceptors (Lipinski definition) is 4. The third-order valence-electron chi connectivity index (χ3n) is 3.46. The Morgan fingerprint density at radius 3 is 2.57 bits per heavy atom. The van der Waals surface area contributed by atoms with Crippen LogP contribution in [0.1, 0.15) is 12.8 Å². The zero-order valence-corrected chi connectivity index (χ0v) is 13.5. The lowest BCUT2D eigenvalue weighted by Gasteiger charge is -2.35. The van der Waals surface area contributed by atoms with Crippen molar-refractivity contribution in [1.82, 2.24) is 0 Å². The molecule has 2 rings (SSSR count). The average Bonchev–Trinajstić information content (AvgIpc) is 2.37. The van der Waals surface area contributed by atoms with Crippen molar-refractivity contribution in [2.45, 2.75) is 12.8 Å². The predicted molar refractivity (Wildman–Crippen MR) is 79.0 cm³/mol. The molecule has 0 bridgehead atoms. The summed E-state index contributed by atoms with van der Waals surface area (Å²) in [6.45, 7) is 1.04. The van der Waals surface area contributed by atoms with Gasteiger partial charge in [-0.05, 0) is 31.0 Å². The van der Waals surface area contributed by atoms with E-state index in [1.165, 1.54) is 12.1 Å². The van der Waals surface area contributed by atoms with E-state index in [4.69, 9.17) is 31.8 Å². The van der Waals surface area contributed by atoms with Gasteiger partial charge >= 0.3 is 0 Å². The molecule has 1 aromatic carbocycles. The molecule has 4 nitrogen and oxygen atoms in total. The van der Waals surface area contributed by atoms with E-state index in [0.29, 0.717) is 31.8 Å². The van der Waals surface area contributed by atoms with E-state index < -0.39 is 20.3 Å². The molecule has 1 fully saturated rings. The Labute approximate surface area is 132 Å². The van der Waals surface area contributed by atoms with Gasteiger partial charge in [-0.1, -0.05) is 11.6 Å². The van der Waals surface area contributed by atoms with Gasteiger partial charge in [0.25, 0.3) is 0 Å². The van der Waals surface area contributed by atoms with Crippen molar-refractivity contribution in [2.24, 2.45) is 5.41 Å². The number of hydrogen-bond donors (Lipinski definition) is 0. The fourth-order valence-electron chi connectivity index (χ4n) is 2.32. The number of ether oxygens (including phenoxy) is 2. The van der Waals surface area contributed by atoms with Crippen LogP contribution in [-0.4, -0.2) is 34.0 Å². The van der Waals surface area contributed by atoms with Crippen LogP contribution in [0, 0.1) is 11.2 Å². The Kier molecular flexibility index (Phi) is 5.35. The lowest BCUT2D eigenvalue weighted by Crippen LogP contribution is -2.40. The van der Waals surface area contributed by atoms with Crippen LogP contribution >= 0.6 is 22.3 Å². The Hall–Kier alpha value is -0.560. The maximum absolute atomic E-state index is 13.0. The molecule has 0 N–H and O–H groups in total. The van der Waals surface area contributed by atoms with E-state index in [1.807, 2.05) is 0 Å². The van der Waals surface area contributed by atoms with Gasteiger partial charge in [0.2, 0.25) is 9.05 Å². The summed E-state index contributed by atoms with van der Waals surface area (Å²) in [5.41, 5.74) is -0.615. The van der Waals surface area contributed by atoms with Gasteiger partial charge in [0.1, 0.15) is 11.6 Å². The van der Waals surface area contributed by atoms with Gasteiger partial charge in [-0.25, -0.2) is 12.8 Å². The highest BCUT2D eigenvalue weighted by atomic mass is 35.7. The van der Waals surface area contributed by atoms with Crippen LogP contribution in [0.2, 0.25) is 5.02 Å². The monoisotopic (exact) mass is 356 g/mol. The SMILES string of the molecule is O=S(=O)(Cl)CC1(COc2ccc(F)cc2Cl)CCOCC1. The van der Waals surface area contributed by atoms with Crippen molar-refractivity contribution < 1.29 is 22.3 Å². The van der Waals surface area contributed by atoms with Crippen molar-refractivity contribution in [3.05, 3.63) is 29.0 Å². The molecule has 21 heavy (non-hydrogen) atoms. The van der Waals surface area contributed by atoms with Gasteiger partial charge < -0.3 is 9.47 Å². The highest BCUT2D eigenvalue weighted by Crippen LogP contribution is 2.35. The molecule has 0 amide bonds. The fraction of sp³-hybridized carbons (Fsp3) is 0.538. The summed E-state index contributed by atoms with van der Waals surface area (Å²) >= 11 is 5.89. The lowest BCUT2D eigenvalue weighted by atomic mass is 9.83. The average molecular weight is 357 g/mol. The third kappa shape index (κ3) is 4.98. The van der Waals surface area contributed by atoms with Crippen molar-refractivity contribution >= 4 is 31.3 Å². The number of rotatable bonds is 5. The molecule has 1 saturated heterocycles. The van der Waals surface area contributed by atoms with Crippen molar-refractivity contribution in [3.63, 3.8) is 0 Å². The molecule has 0 atom stereocenters. The Morgan fingerprint density at radius 2 is 2.00 bits per heavy atom. The summed E-state index contributed by atoms with van der Waals surface area (Å²) in [4.78, 5) is 0. The molecule has 1 aliphatic heterocycles. The molecule has 1 aromatic rings. The quantitative estimate of drug-likeness (QED) is 0.760. The first kappa shape index (κ1) is 16.8. The molecular formula is C13H15Cl2FO4S. The molecular weight excluding hydrogens is 342 g/mol. The first-order valence-corrected chi connectivity index (χ1v) is 9.23. The largest absolute Gasteiger partial charge is 0.491 e. The predicted octanol–water partition coefficient (Wildman–Crippen LogP) is 3.22. The Morgan fingerprint density at radius 1 is 1.33 bits per heavy atom. The second kappa shape index (κ2) is 6.69. The van der Waals surface area contributed by atoms with Crippen LogP contribution < -0.4 is 4.74 Å². The van der Waals surface area contributed by atoms with Gasteiger partial charge in [-0.2, -0.15) is 0 Å². The summed E-state index contributed by atoms with van der Waals surface area (Å²) in [5, 5.41) is 0.144. The molecule has 0 spiro atoms. The fourth-order valence-corrected chi connectivity index (χ4v) is 4.34. The van der Waals surface area contributed by atoms with Crippen LogP contribution in [0.25, 0.3) is 0 Å². The second-order valence-electron chi connectivity index (χ2n) is 5.16. The molecule has 0 unspecified atom stereocenters. The molecule has 0 saturated carbocycles. The Bertz CT molecular complexity index is 600. The van der Waals surface area contributed by atoms with Gasteiger partial charge in [0.05, 0.1) is 17.4 Å². The summed E-state index contributed by atoms with van der Waals surface area (Å²) in [6, 6.07) is 3.79. The minimum absolute atomic E-state index is 0.133. The number of benzene rings is 1. The molecule has 8 heteroatoms. The summed E-state index contributed by atoms with van der Waals surface area (Å²) in [5.74, 6) is -0.337. The smallest absolute Gasteiger partial charge is 0.233 e. The third-order valence-corrected chi connectivity index (χ3v) is 5.04. The minimum atomic E-state index is -3.66. The van der Waals surface area contributed by atoms with Crippen LogP contribution in [0.5, 0.6) is 5.75 Å². The lowest BCUT2D eigenvalue weighted by molar-refractivity contribution is 0.00229. The minimum Gasteiger partial charge on any atom is -0.491 e. The van der Waals surface area contributed by atoms with E-state index in [9.17, 15) is 12.8 Å². The molecule has 118 valence electrons. The number of halogens is 3. The standard InChI is InChI=1S/C13H15Cl2FO4S/c14-11-7-10(16)1-2-12(11)20-8-13(9-21(15,17)18)3-5-19-6-4-13/h1-2,7H,3-6,8-9H2. The van der Waals surface area contributed by atoms with E-state index in [-0.39, 0.29) is 17.4 Å². The zero-order chi connectivity index (χ0) is 15.5. The van der Waals surface area contributed by atoms with E-state index >= 15 is 0 Å². The maximum Gasteiger partial charge on any atom is 0.233 e. The van der Waals surface area contributed by atoms with Gasteiger partial charge in [-0.15, -0.1) is 0 Å². The first-order chi connectivity index (χ1) is 9.80. The normalized spacial score (nSPS) is 18.4. The molecule has 0 radical (unpaired) electrons.